The molecule has 8 heteroatoms. The fourth-order valence-electron chi connectivity index (χ4n) is 2.96. The SMILES string of the molecule is COc1ccccc1N1CCN(C(=O)Nc2ccc(OC(F)F)cc2)CC1. The number of hydrogen-bond donors (Lipinski definition) is 1. The molecule has 0 saturated carbocycles. The molecule has 1 fully saturated rings. The number of nitrogens with zero attached hydrogens (tertiary/aromatic N) is 2. The maximum atomic E-state index is 12.4. The van der Waals surface area contributed by atoms with E-state index in [9.17, 15) is 13.6 Å². The summed E-state index contributed by atoms with van der Waals surface area (Å²) < 4.78 is 34.0. The van der Waals surface area contributed by atoms with Crippen LogP contribution in [-0.4, -0.2) is 50.8 Å². The molecule has 1 aliphatic rings. The highest BCUT2D eigenvalue weighted by molar-refractivity contribution is 5.89. The summed E-state index contributed by atoms with van der Waals surface area (Å²) in [5, 5.41) is 2.77. The van der Waals surface area contributed by atoms with Crippen LogP contribution in [0.4, 0.5) is 25.0 Å². The highest BCUT2D eigenvalue weighted by atomic mass is 19.3. The van der Waals surface area contributed by atoms with Crippen molar-refractivity contribution in [1.82, 2.24) is 4.90 Å². The smallest absolute Gasteiger partial charge is 0.387 e. The van der Waals surface area contributed by atoms with Gasteiger partial charge in [-0.05, 0) is 36.4 Å². The number of alkyl halides is 2. The molecule has 27 heavy (non-hydrogen) atoms. The van der Waals surface area contributed by atoms with Gasteiger partial charge in [0.05, 0.1) is 12.8 Å². The van der Waals surface area contributed by atoms with Crippen LogP contribution in [0.25, 0.3) is 0 Å². The molecule has 2 aromatic rings. The number of halogens is 2. The third-order valence-electron chi connectivity index (χ3n) is 4.32. The predicted octanol–water partition coefficient (Wildman–Crippen LogP) is 3.65. The third kappa shape index (κ3) is 4.78. The number of carbonyl (C=O) groups is 1. The molecule has 0 atom stereocenters. The van der Waals surface area contributed by atoms with Crippen LogP contribution < -0.4 is 19.7 Å². The van der Waals surface area contributed by atoms with E-state index in [0.717, 1.165) is 11.4 Å². The molecule has 1 heterocycles. The first-order chi connectivity index (χ1) is 13.1. The first-order valence-electron chi connectivity index (χ1n) is 8.55. The second-order valence-electron chi connectivity index (χ2n) is 5.98. The molecular formula is C19H21F2N3O3. The van der Waals surface area contributed by atoms with Gasteiger partial charge in [-0.25, -0.2) is 4.79 Å². The van der Waals surface area contributed by atoms with Gasteiger partial charge in [0.15, 0.2) is 0 Å². The van der Waals surface area contributed by atoms with Crippen LogP contribution in [0.5, 0.6) is 11.5 Å². The largest absolute Gasteiger partial charge is 0.495 e. The Hall–Kier alpha value is -3.03. The lowest BCUT2D eigenvalue weighted by Gasteiger charge is -2.36. The van der Waals surface area contributed by atoms with Gasteiger partial charge in [-0.15, -0.1) is 0 Å². The summed E-state index contributed by atoms with van der Waals surface area (Å²) in [7, 11) is 1.64. The van der Waals surface area contributed by atoms with E-state index < -0.39 is 6.61 Å². The summed E-state index contributed by atoms with van der Waals surface area (Å²) in [5.74, 6) is 0.856. The second-order valence-corrected chi connectivity index (χ2v) is 5.98. The molecular weight excluding hydrogens is 356 g/mol. The number of nitrogens with one attached hydrogen (secondary N) is 1. The molecule has 2 aromatic carbocycles. The monoisotopic (exact) mass is 377 g/mol. The van der Waals surface area contributed by atoms with Crippen LogP contribution >= 0.6 is 0 Å². The summed E-state index contributed by atoms with van der Waals surface area (Å²) in [5.41, 5.74) is 1.53. The Morgan fingerprint density at radius 2 is 1.70 bits per heavy atom. The Kier molecular flexibility index (Phi) is 5.95. The normalized spacial score (nSPS) is 14.2. The van der Waals surface area contributed by atoms with Crippen LogP contribution in [-0.2, 0) is 0 Å². The van der Waals surface area contributed by atoms with Crippen molar-refractivity contribution < 1.29 is 23.0 Å². The average molecular weight is 377 g/mol. The topological polar surface area (TPSA) is 54.0 Å². The lowest BCUT2D eigenvalue weighted by atomic mass is 10.2. The minimum Gasteiger partial charge on any atom is -0.495 e. The van der Waals surface area contributed by atoms with Crippen molar-refractivity contribution in [2.24, 2.45) is 0 Å². The van der Waals surface area contributed by atoms with E-state index in [0.29, 0.717) is 31.9 Å². The Morgan fingerprint density at radius 3 is 2.33 bits per heavy atom. The van der Waals surface area contributed by atoms with Gasteiger partial charge in [0.25, 0.3) is 0 Å². The molecule has 1 aliphatic heterocycles. The standard InChI is InChI=1S/C19H21F2N3O3/c1-26-17-5-3-2-4-16(17)23-10-12-24(13-11-23)19(25)22-14-6-8-15(9-7-14)27-18(20)21/h2-9,18H,10-13H2,1H3,(H,22,25). The van der Waals surface area contributed by atoms with E-state index in [1.165, 1.54) is 24.3 Å². The van der Waals surface area contributed by atoms with Crippen LogP contribution in [0, 0.1) is 0 Å². The number of rotatable bonds is 5. The Bertz CT molecular complexity index is 763. The maximum absolute atomic E-state index is 12.4. The number of hydrogen-bond acceptors (Lipinski definition) is 4. The molecule has 6 nitrogen and oxygen atoms in total. The number of piperazine rings is 1. The lowest BCUT2D eigenvalue weighted by molar-refractivity contribution is -0.0498. The molecule has 1 saturated heterocycles. The van der Waals surface area contributed by atoms with E-state index >= 15 is 0 Å². The number of methoxy groups -OCH3 is 1. The minimum absolute atomic E-state index is 0.0495. The summed E-state index contributed by atoms with van der Waals surface area (Å²) >= 11 is 0. The highest BCUT2D eigenvalue weighted by Gasteiger charge is 2.22. The van der Waals surface area contributed by atoms with Crippen molar-refractivity contribution >= 4 is 17.4 Å². The fraction of sp³-hybridized carbons (Fsp3) is 0.316. The van der Waals surface area contributed by atoms with E-state index in [2.05, 4.69) is 15.0 Å². The Balaban J connectivity index is 1.54. The minimum atomic E-state index is -2.87. The number of ether oxygens (including phenoxy) is 2. The molecule has 0 unspecified atom stereocenters. The van der Waals surface area contributed by atoms with Crippen LogP contribution in [0.1, 0.15) is 0 Å². The number of amides is 2. The van der Waals surface area contributed by atoms with E-state index in [-0.39, 0.29) is 11.8 Å². The van der Waals surface area contributed by atoms with Crippen molar-refractivity contribution in [3.05, 3.63) is 48.5 Å². The first kappa shape index (κ1) is 18.8. The third-order valence-corrected chi connectivity index (χ3v) is 4.32. The van der Waals surface area contributed by atoms with Crippen LogP contribution in [0.15, 0.2) is 48.5 Å². The number of carbonyl (C=O) groups excluding carboxylic acids is 1. The van der Waals surface area contributed by atoms with Crippen molar-refractivity contribution in [2.75, 3.05) is 43.5 Å². The van der Waals surface area contributed by atoms with Crippen molar-refractivity contribution in [3.8, 4) is 11.5 Å². The quantitative estimate of drug-likeness (QED) is 0.864. The van der Waals surface area contributed by atoms with Gasteiger partial charge in [-0.3, -0.25) is 0 Å². The van der Waals surface area contributed by atoms with Gasteiger partial charge in [-0.1, -0.05) is 12.1 Å². The van der Waals surface area contributed by atoms with Crippen LogP contribution in [0.3, 0.4) is 0 Å². The fourth-order valence-corrected chi connectivity index (χ4v) is 2.96. The predicted molar refractivity (Wildman–Crippen MR) is 98.9 cm³/mol. The number of urea groups is 1. The molecule has 3 rings (SSSR count). The van der Waals surface area contributed by atoms with Crippen molar-refractivity contribution in [1.29, 1.82) is 0 Å². The maximum Gasteiger partial charge on any atom is 0.387 e. The number of benzene rings is 2. The number of anilines is 2. The molecule has 0 aromatic heterocycles. The number of para-hydroxylation sites is 2. The molecule has 2 amide bonds. The van der Waals surface area contributed by atoms with Crippen LogP contribution in [0.2, 0.25) is 0 Å². The summed E-state index contributed by atoms with van der Waals surface area (Å²) in [6.45, 7) is -0.360. The van der Waals surface area contributed by atoms with Gasteiger partial charge < -0.3 is 24.6 Å². The zero-order valence-corrected chi connectivity index (χ0v) is 14.9. The Labute approximate surface area is 156 Å². The highest BCUT2D eigenvalue weighted by Crippen LogP contribution is 2.28. The molecule has 1 N–H and O–H groups in total. The summed E-state index contributed by atoms with van der Waals surface area (Å²) in [6, 6.07) is 13.4. The van der Waals surface area contributed by atoms with Gasteiger partial charge in [0, 0.05) is 31.9 Å². The molecule has 0 bridgehead atoms. The molecule has 0 aliphatic carbocycles. The second kappa shape index (κ2) is 8.57. The Morgan fingerprint density at radius 1 is 1.04 bits per heavy atom. The first-order valence-corrected chi connectivity index (χ1v) is 8.55. The zero-order valence-electron chi connectivity index (χ0n) is 14.9. The van der Waals surface area contributed by atoms with Gasteiger partial charge in [-0.2, -0.15) is 8.78 Å². The molecule has 144 valence electrons. The van der Waals surface area contributed by atoms with Crippen molar-refractivity contribution in [2.45, 2.75) is 6.61 Å². The average Bonchev–Trinajstić information content (AvgIpc) is 2.69. The van der Waals surface area contributed by atoms with Gasteiger partial charge in [0.1, 0.15) is 11.5 Å². The van der Waals surface area contributed by atoms with Gasteiger partial charge >= 0.3 is 12.6 Å². The van der Waals surface area contributed by atoms with Gasteiger partial charge in [0.2, 0.25) is 0 Å². The molecule has 0 radical (unpaired) electrons. The molecule has 0 spiro atoms. The van der Waals surface area contributed by atoms with E-state index in [4.69, 9.17) is 4.74 Å². The van der Waals surface area contributed by atoms with E-state index in [1.54, 1.807) is 12.0 Å². The lowest BCUT2D eigenvalue weighted by Crippen LogP contribution is -2.50. The summed E-state index contributed by atoms with van der Waals surface area (Å²) in [6.07, 6.45) is 0. The van der Waals surface area contributed by atoms with Crippen molar-refractivity contribution in [3.63, 3.8) is 0 Å². The summed E-state index contributed by atoms with van der Waals surface area (Å²) in [4.78, 5) is 16.3. The van der Waals surface area contributed by atoms with E-state index in [1.807, 2.05) is 24.3 Å². The zero-order chi connectivity index (χ0) is 19.2.